The molecule has 7 nitrogen and oxygen atoms in total. The van der Waals surface area contributed by atoms with Crippen molar-refractivity contribution in [3.8, 4) is 0 Å². The number of carbonyl (C=O) groups excluding carboxylic acids is 2. The van der Waals surface area contributed by atoms with Crippen molar-refractivity contribution in [1.82, 2.24) is 10.2 Å². The van der Waals surface area contributed by atoms with Gasteiger partial charge in [0.2, 0.25) is 0 Å². The number of amides is 4. The van der Waals surface area contributed by atoms with Gasteiger partial charge in [-0.3, -0.25) is 0 Å². The maximum atomic E-state index is 13.2. The molecule has 2 bridgehead atoms. The van der Waals surface area contributed by atoms with Crippen molar-refractivity contribution < 1.29 is 14.3 Å². The summed E-state index contributed by atoms with van der Waals surface area (Å²) in [4.78, 5) is 27.4. The Kier molecular flexibility index (Phi) is 8.12. The maximum Gasteiger partial charge on any atom is 0.321 e. The Balaban J connectivity index is 1.33. The Morgan fingerprint density at radius 1 is 0.946 bits per heavy atom. The number of urea groups is 2. The first-order valence-electron chi connectivity index (χ1n) is 13.5. The van der Waals surface area contributed by atoms with E-state index in [-0.39, 0.29) is 29.0 Å². The minimum Gasteiger partial charge on any atom is -0.376 e. The predicted octanol–water partition coefficient (Wildman–Crippen LogP) is 6.19. The van der Waals surface area contributed by atoms with Crippen LogP contribution < -0.4 is 16.0 Å². The zero-order valence-electron chi connectivity index (χ0n) is 22.9. The number of hydrogen-bond donors (Lipinski definition) is 3. The first kappa shape index (κ1) is 27.0. The summed E-state index contributed by atoms with van der Waals surface area (Å²) in [5.41, 5.74) is 4.01. The van der Waals surface area contributed by atoms with E-state index in [2.05, 4.69) is 36.7 Å². The van der Waals surface area contributed by atoms with Crippen LogP contribution in [0.4, 0.5) is 21.0 Å². The van der Waals surface area contributed by atoms with Crippen LogP contribution in [0.1, 0.15) is 51.2 Å². The molecule has 200 valence electrons. The molecule has 0 spiro atoms. The van der Waals surface area contributed by atoms with E-state index in [9.17, 15) is 9.59 Å². The van der Waals surface area contributed by atoms with Gasteiger partial charge in [0, 0.05) is 31.0 Å². The van der Waals surface area contributed by atoms with Gasteiger partial charge in [0.15, 0.2) is 0 Å². The van der Waals surface area contributed by atoms with Crippen molar-refractivity contribution in [2.75, 3.05) is 36.9 Å². The van der Waals surface area contributed by atoms with Gasteiger partial charge in [-0.15, -0.1) is 0 Å². The van der Waals surface area contributed by atoms with Crippen LogP contribution in [0.2, 0.25) is 0 Å². The van der Waals surface area contributed by atoms with Crippen LogP contribution in [0, 0.1) is 30.6 Å². The minimum absolute atomic E-state index is 0.182. The molecule has 0 heterocycles. The molecule has 7 heteroatoms. The fourth-order valence-corrected chi connectivity index (χ4v) is 6.09. The smallest absolute Gasteiger partial charge is 0.321 e. The van der Waals surface area contributed by atoms with Crippen molar-refractivity contribution >= 4 is 23.4 Å². The molecular weight excluding hydrogens is 464 g/mol. The van der Waals surface area contributed by atoms with E-state index in [4.69, 9.17) is 4.74 Å². The Hall–Kier alpha value is -3.06. The van der Waals surface area contributed by atoms with Crippen LogP contribution in [-0.2, 0) is 4.74 Å². The van der Waals surface area contributed by atoms with Crippen molar-refractivity contribution in [3.05, 3.63) is 59.7 Å². The molecule has 2 aromatic carbocycles. The lowest BCUT2D eigenvalue weighted by atomic mass is 9.70. The fourth-order valence-electron chi connectivity index (χ4n) is 6.09. The van der Waals surface area contributed by atoms with E-state index >= 15 is 0 Å². The minimum atomic E-state index is -0.290. The van der Waals surface area contributed by atoms with E-state index in [0.29, 0.717) is 32.2 Å². The fraction of sp³-hybridized carbons (Fsp3) is 0.533. The molecule has 2 aromatic rings. The van der Waals surface area contributed by atoms with Gasteiger partial charge in [-0.2, -0.15) is 0 Å². The standard InChI is InChI=1S/C30H42N4O3/c1-21-10-6-8-12-24(21)32-27(35)31-16-17-34(28(36)33-25-13-9-7-11-22(25)2)18-19-37-26-20-23-14-15-30(26,5)29(23,3)4/h6-13,23,26H,14-20H2,1-5H3,(H,33,36)(H2,31,32,35)/t23-,26-,30+/m0/s1. The molecule has 4 amide bonds. The highest BCUT2D eigenvalue weighted by Crippen LogP contribution is 2.66. The number of hydrogen-bond acceptors (Lipinski definition) is 3. The summed E-state index contributed by atoms with van der Waals surface area (Å²) in [6.07, 6.45) is 3.80. The van der Waals surface area contributed by atoms with Gasteiger partial charge < -0.3 is 25.6 Å². The van der Waals surface area contributed by atoms with Gasteiger partial charge in [-0.05, 0) is 73.1 Å². The lowest BCUT2D eigenvalue weighted by molar-refractivity contribution is -0.0494. The van der Waals surface area contributed by atoms with Gasteiger partial charge in [-0.1, -0.05) is 57.2 Å². The number of anilines is 2. The van der Waals surface area contributed by atoms with Crippen molar-refractivity contribution in [2.24, 2.45) is 16.7 Å². The molecule has 2 saturated carbocycles. The largest absolute Gasteiger partial charge is 0.376 e. The SMILES string of the molecule is Cc1ccccc1NC(=O)NCCN(CCO[C@H]1C[C@@H]2CC[C@@]1(C)C2(C)C)C(=O)Nc1ccccc1C. The number of para-hydroxylation sites is 2. The second-order valence-electron chi connectivity index (χ2n) is 11.4. The van der Waals surface area contributed by atoms with E-state index in [1.165, 1.54) is 12.8 Å². The Morgan fingerprint density at radius 3 is 2.14 bits per heavy atom. The molecular formula is C30H42N4O3. The number of ether oxygens (including phenoxy) is 1. The van der Waals surface area contributed by atoms with Crippen LogP contribution >= 0.6 is 0 Å². The van der Waals surface area contributed by atoms with Gasteiger partial charge in [0.25, 0.3) is 0 Å². The number of nitrogens with one attached hydrogen (secondary N) is 3. The zero-order chi connectivity index (χ0) is 26.6. The summed E-state index contributed by atoms with van der Waals surface area (Å²) in [7, 11) is 0. The summed E-state index contributed by atoms with van der Waals surface area (Å²) in [5.74, 6) is 0.707. The van der Waals surface area contributed by atoms with E-state index in [1.807, 2.05) is 62.4 Å². The molecule has 3 atom stereocenters. The van der Waals surface area contributed by atoms with Gasteiger partial charge in [0.05, 0.1) is 12.7 Å². The average molecular weight is 507 g/mol. The Bertz CT molecular complexity index is 1120. The van der Waals surface area contributed by atoms with Crippen LogP contribution in [0.5, 0.6) is 0 Å². The Morgan fingerprint density at radius 2 is 1.57 bits per heavy atom. The monoisotopic (exact) mass is 506 g/mol. The quantitative estimate of drug-likeness (QED) is 0.379. The lowest BCUT2D eigenvalue weighted by Crippen LogP contribution is -2.44. The van der Waals surface area contributed by atoms with Crippen molar-refractivity contribution in [1.29, 1.82) is 0 Å². The molecule has 0 radical (unpaired) electrons. The second kappa shape index (κ2) is 11.1. The number of rotatable bonds is 9. The number of carbonyl (C=O) groups is 2. The number of benzene rings is 2. The lowest BCUT2D eigenvalue weighted by Gasteiger charge is -2.39. The highest BCUT2D eigenvalue weighted by Gasteiger charge is 2.61. The summed E-state index contributed by atoms with van der Waals surface area (Å²) in [6.45, 7) is 12.7. The highest BCUT2D eigenvalue weighted by molar-refractivity contribution is 5.91. The Labute approximate surface area is 221 Å². The zero-order valence-corrected chi connectivity index (χ0v) is 22.9. The molecule has 0 aliphatic heterocycles. The highest BCUT2D eigenvalue weighted by atomic mass is 16.5. The van der Waals surface area contributed by atoms with Gasteiger partial charge in [0.1, 0.15) is 0 Å². The summed E-state index contributed by atoms with van der Waals surface area (Å²) in [6, 6.07) is 14.9. The van der Waals surface area contributed by atoms with Crippen LogP contribution in [0.25, 0.3) is 0 Å². The van der Waals surface area contributed by atoms with Gasteiger partial charge >= 0.3 is 12.1 Å². The molecule has 2 aliphatic carbocycles. The third kappa shape index (κ3) is 5.77. The van der Waals surface area contributed by atoms with E-state index < -0.39 is 0 Å². The van der Waals surface area contributed by atoms with E-state index in [1.54, 1.807) is 4.90 Å². The predicted molar refractivity (Wildman–Crippen MR) is 149 cm³/mol. The average Bonchev–Trinajstić information content (AvgIpc) is 3.19. The molecule has 37 heavy (non-hydrogen) atoms. The topological polar surface area (TPSA) is 82.7 Å². The van der Waals surface area contributed by atoms with Crippen LogP contribution in [-0.4, -0.2) is 49.3 Å². The summed E-state index contributed by atoms with van der Waals surface area (Å²) >= 11 is 0. The molecule has 2 fully saturated rings. The second-order valence-corrected chi connectivity index (χ2v) is 11.4. The third-order valence-corrected chi connectivity index (χ3v) is 9.13. The number of aryl methyl sites for hydroxylation is 2. The molecule has 0 unspecified atom stereocenters. The van der Waals surface area contributed by atoms with E-state index in [0.717, 1.165) is 28.9 Å². The van der Waals surface area contributed by atoms with Crippen molar-refractivity contribution in [2.45, 2.75) is 60.0 Å². The maximum absolute atomic E-state index is 13.2. The first-order valence-corrected chi connectivity index (χ1v) is 13.5. The van der Waals surface area contributed by atoms with Crippen LogP contribution in [0.3, 0.4) is 0 Å². The summed E-state index contributed by atoms with van der Waals surface area (Å²) in [5, 5.41) is 8.78. The normalized spacial score (nSPS) is 23.5. The summed E-state index contributed by atoms with van der Waals surface area (Å²) < 4.78 is 6.43. The molecule has 3 N–H and O–H groups in total. The van der Waals surface area contributed by atoms with Crippen molar-refractivity contribution in [3.63, 3.8) is 0 Å². The molecule has 2 aliphatic rings. The first-order chi connectivity index (χ1) is 17.6. The van der Waals surface area contributed by atoms with Crippen LogP contribution in [0.15, 0.2) is 48.5 Å². The molecule has 0 aromatic heterocycles. The third-order valence-electron chi connectivity index (χ3n) is 9.13. The number of nitrogens with zero attached hydrogens (tertiary/aromatic N) is 1. The number of fused-ring (bicyclic) bond motifs is 2. The molecule has 0 saturated heterocycles. The van der Waals surface area contributed by atoms with Gasteiger partial charge in [-0.25, -0.2) is 9.59 Å². The molecule has 4 rings (SSSR count).